The van der Waals surface area contributed by atoms with E-state index in [1.807, 2.05) is 12.1 Å². The van der Waals surface area contributed by atoms with Gasteiger partial charge in [0.25, 0.3) is 0 Å². The molecule has 1 atom stereocenters. The predicted molar refractivity (Wildman–Crippen MR) is 106 cm³/mol. The van der Waals surface area contributed by atoms with Gasteiger partial charge in [-0.2, -0.15) is 0 Å². The molecule has 8 heteroatoms. The van der Waals surface area contributed by atoms with E-state index in [-0.39, 0.29) is 6.10 Å². The van der Waals surface area contributed by atoms with Crippen LogP contribution < -0.4 is 10.1 Å². The van der Waals surface area contributed by atoms with E-state index in [9.17, 15) is 9.59 Å². The third-order valence-corrected chi connectivity index (χ3v) is 4.59. The molecule has 1 unspecified atom stereocenters. The minimum absolute atomic E-state index is 0.151. The van der Waals surface area contributed by atoms with E-state index in [4.69, 9.17) is 19.7 Å². The second kappa shape index (κ2) is 11.9. The van der Waals surface area contributed by atoms with Crippen molar-refractivity contribution in [3.63, 3.8) is 0 Å². The monoisotopic (exact) mass is 405 g/mol. The lowest BCUT2D eigenvalue weighted by Crippen LogP contribution is -2.41. The molecule has 1 aromatic carbocycles. The fraction of sp³-hybridized carbons (Fsp3) is 0.300. The average Bonchev–Trinajstić information content (AvgIpc) is 3.20. The van der Waals surface area contributed by atoms with Gasteiger partial charge in [-0.05, 0) is 23.1 Å². The van der Waals surface area contributed by atoms with Gasteiger partial charge in [-0.1, -0.05) is 24.3 Å². The molecule has 28 heavy (non-hydrogen) atoms. The Hall–Kier alpha value is -2.68. The minimum Gasteiger partial charge on any atom is -0.491 e. The lowest BCUT2D eigenvalue weighted by Gasteiger charge is -2.24. The Morgan fingerprint density at radius 2 is 1.93 bits per heavy atom. The summed E-state index contributed by atoms with van der Waals surface area (Å²) < 4.78 is 11.6. The lowest BCUT2D eigenvalue weighted by molar-refractivity contribution is -0.134. The molecule has 0 radical (unpaired) electrons. The summed E-state index contributed by atoms with van der Waals surface area (Å²) in [5.74, 6) is -1.55. The SMILES string of the molecule is O=C(O)/C=C\C(=O)O.c1csc(Cc2ccccc2OCC2CNCCO2)c1. The Kier molecular flexibility index (Phi) is 9.20. The fourth-order valence-electron chi connectivity index (χ4n) is 2.44. The number of hydrogen-bond acceptors (Lipinski definition) is 6. The Bertz CT molecular complexity index is 753. The van der Waals surface area contributed by atoms with Gasteiger partial charge in [-0.15, -0.1) is 11.3 Å². The summed E-state index contributed by atoms with van der Waals surface area (Å²) in [6.45, 7) is 3.18. The molecule has 1 saturated heterocycles. The second-order valence-corrected chi connectivity index (χ2v) is 6.91. The highest BCUT2D eigenvalue weighted by Crippen LogP contribution is 2.23. The van der Waals surface area contributed by atoms with Gasteiger partial charge >= 0.3 is 11.9 Å². The number of morpholine rings is 1. The van der Waals surface area contributed by atoms with Crippen molar-refractivity contribution in [3.8, 4) is 5.75 Å². The van der Waals surface area contributed by atoms with Crippen LogP contribution in [0.15, 0.2) is 53.9 Å². The topological polar surface area (TPSA) is 105 Å². The van der Waals surface area contributed by atoms with Gasteiger partial charge in [0.05, 0.1) is 6.61 Å². The molecule has 0 bridgehead atoms. The molecule has 0 saturated carbocycles. The van der Waals surface area contributed by atoms with Crippen molar-refractivity contribution >= 4 is 23.3 Å². The van der Waals surface area contributed by atoms with E-state index in [2.05, 4.69) is 35.0 Å². The molecule has 2 heterocycles. The second-order valence-electron chi connectivity index (χ2n) is 5.88. The quantitative estimate of drug-likeness (QED) is 0.608. The Balaban J connectivity index is 0.000000300. The average molecular weight is 405 g/mol. The third-order valence-electron chi connectivity index (χ3n) is 3.72. The standard InChI is InChI=1S/C16H19NO2S.C4H4O4/c1-2-6-16(19-12-14-11-17-7-8-18-14)13(4-1)10-15-5-3-9-20-15;5-3(6)1-2-4(7)8/h1-6,9,14,17H,7-8,10-12H2;1-2H,(H,5,6)(H,7,8)/b;2-1-. The maximum atomic E-state index is 9.55. The van der Waals surface area contributed by atoms with Gasteiger partial charge in [-0.25, -0.2) is 9.59 Å². The molecule has 0 amide bonds. The largest absolute Gasteiger partial charge is 0.491 e. The molecule has 0 aliphatic carbocycles. The van der Waals surface area contributed by atoms with Gasteiger partial charge in [0.15, 0.2) is 0 Å². The minimum atomic E-state index is -1.26. The summed E-state index contributed by atoms with van der Waals surface area (Å²) >= 11 is 1.78. The normalized spacial score (nSPS) is 16.2. The molecule has 7 nitrogen and oxygen atoms in total. The van der Waals surface area contributed by atoms with Crippen LogP contribution >= 0.6 is 11.3 Å². The lowest BCUT2D eigenvalue weighted by atomic mass is 10.1. The van der Waals surface area contributed by atoms with Crippen molar-refractivity contribution < 1.29 is 29.3 Å². The number of thiophene rings is 1. The molecular weight excluding hydrogens is 382 g/mol. The molecule has 1 aromatic heterocycles. The summed E-state index contributed by atoms with van der Waals surface area (Å²) in [6.07, 6.45) is 2.20. The maximum absolute atomic E-state index is 9.55. The highest BCUT2D eigenvalue weighted by Gasteiger charge is 2.14. The molecule has 3 rings (SSSR count). The van der Waals surface area contributed by atoms with Crippen molar-refractivity contribution in [1.82, 2.24) is 5.32 Å². The number of carbonyl (C=O) groups is 2. The van der Waals surface area contributed by atoms with Gasteiger partial charge < -0.3 is 25.0 Å². The molecular formula is C20H23NO6S. The molecule has 1 aliphatic rings. The van der Waals surface area contributed by atoms with Crippen LogP contribution in [0.2, 0.25) is 0 Å². The van der Waals surface area contributed by atoms with Gasteiger partial charge in [0.1, 0.15) is 18.5 Å². The molecule has 1 aliphatic heterocycles. The molecule has 2 aromatic rings. The van der Waals surface area contributed by atoms with Crippen molar-refractivity contribution in [2.24, 2.45) is 0 Å². The Morgan fingerprint density at radius 1 is 1.18 bits per heavy atom. The molecule has 1 fully saturated rings. The first-order valence-corrected chi connectivity index (χ1v) is 9.62. The van der Waals surface area contributed by atoms with E-state index >= 15 is 0 Å². The fourth-order valence-corrected chi connectivity index (χ4v) is 3.17. The zero-order valence-electron chi connectivity index (χ0n) is 15.2. The highest BCUT2D eigenvalue weighted by atomic mass is 32.1. The number of ether oxygens (including phenoxy) is 2. The summed E-state index contributed by atoms with van der Waals surface area (Å²) in [6, 6.07) is 12.5. The van der Waals surface area contributed by atoms with Crippen molar-refractivity contribution in [2.75, 3.05) is 26.3 Å². The van der Waals surface area contributed by atoms with Crippen LogP contribution in [0.3, 0.4) is 0 Å². The number of hydrogen-bond donors (Lipinski definition) is 3. The van der Waals surface area contributed by atoms with Crippen LogP contribution in [-0.4, -0.2) is 54.6 Å². The van der Waals surface area contributed by atoms with Crippen molar-refractivity contribution in [1.29, 1.82) is 0 Å². The van der Waals surface area contributed by atoms with E-state index in [0.29, 0.717) is 18.8 Å². The van der Waals surface area contributed by atoms with E-state index in [1.54, 1.807) is 11.3 Å². The molecule has 150 valence electrons. The first-order valence-electron chi connectivity index (χ1n) is 8.74. The number of carboxylic acids is 2. The molecule has 0 spiro atoms. The number of nitrogens with one attached hydrogen (secondary N) is 1. The maximum Gasteiger partial charge on any atom is 0.328 e. The zero-order chi connectivity index (χ0) is 20.2. The Labute approximate surface area is 167 Å². The van der Waals surface area contributed by atoms with Gasteiger partial charge in [-0.3, -0.25) is 0 Å². The third kappa shape index (κ3) is 8.34. The summed E-state index contributed by atoms with van der Waals surface area (Å²) in [4.78, 5) is 20.5. The first-order chi connectivity index (χ1) is 13.5. The predicted octanol–water partition coefficient (Wildman–Crippen LogP) is 2.42. The number of carboxylic acid groups (broad SMARTS) is 2. The number of aliphatic carboxylic acids is 2. The van der Waals surface area contributed by atoms with Gasteiger partial charge in [0, 0.05) is 36.5 Å². The van der Waals surface area contributed by atoms with Crippen LogP contribution in [0.25, 0.3) is 0 Å². The van der Waals surface area contributed by atoms with Crippen LogP contribution in [0, 0.1) is 0 Å². The summed E-state index contributed by atoms with van der Waals surface area (Å²) in [5, 5.41) is 21.1. The number of rotatable bonds is 7. The van der Waals surface area contributed by atoms with Crippen molar-refractivity contribution in [2.45, 2.75) is 12.5 Å². The van der Waals surface area contributed by atoms with E-state index < -0.39 is 11.9 Å². The van der Waals surface area contributed by atoms with E-state index in [1.165, 1.54) is 10.4 Å². The number of benzene rings is 1. The van der Waals surface area contributed by atoms with Crippen molar-refractivity contribution in [3.05, 3.63) is 64.4 Å². The van der Waals surface area contributed by atoms with Crippen LogP contribution in [0.1, 0.15) is 10.4 Å². The summed E-state index contributed by atoms with van der Waals surface area (Å²) in [5.41, 5.74) is 1.23. The smallest absolute Gasteiger partial charge is 0.328 e. The van der Waals surface area contributed by atoms with Gasteiger partial charge in [0.2, 0.25) is 0 Å². The van der Waals surface area contributed by atoms with Crippen LogP contribution in [-0.2, 0) is 20.7 Å². The summed E-state index contributed by atoms with van der Waals surface area (Å²) in [7, 11) is 0. The zero-order valence-corrected chi connectivity index (χ0v) is 16.1. The van der Waals surface area contributed by atoms with Crippen LogP contribution in [0.4, 0.5) is 0 Å². The van der Waals surface area contributed by atoms with Crippen LogP contribution in [0.5, 0.6) is 5.75 Å². The van der Waals surface area contributed by atoms with E-state index in [0.717, 1.165) is 31.9 Å². The Morgan fingerprint density at radius 3 is 2.54 bits per heavy atom. The molecule has 3 N–H and O–H groups in total. The highest BCUT2D eigenvalue weighted by molar-refractivity contribution is 7.09. The number of para-hydroxylation sites is 1. The first kappa shape index (κ1) is 21.6.